The highest BCUT2D eigenvalue weighted by Gasteiger charge is 2.37. The van der Waals surface area contributed by atoms with Gasteiger partial charge in [-0.05, 0) is 32.4 Å². The van der Waals surface area contributed by atoms with E-state index in [1.54, 1.807) is 42.5 Å². The van der Waals surface area contributed by atoms with E-state index in [0.29, 0.717) is 30.5 Å². The van der Waals surface area contributed by atoms with Crippen molar-refractivity contribution in [1.82, 2.24) is 0 Å². The number of esters is 1. The summed E-state index contributed by atoms with van der Waals surface area (Å²) < 4.78 is 31.1. The number of alkyl halides is 1. The summed E-state index contributed by atoms with van der Waals surface area (Å²) in [6, 6.07) is 1.59. The van der Waals surface area contributed by atoms with Crippen molar-refractivity contribution in [1.29, 1.82) is 0 Å². The van der Waals surface area contributed by atoms with Gasteiger partial charge in [0.2, 0.25) is 0 Å². The van der Waals surface area contributed by atoms with E-state index in [9.17, 15) is 4.79 Å². The maximum Gasteiger partial charge on any atom is 0.500 e. The van der Waals surface area contributed by atoms with E-state index < -0.39 is 17.4 Å². The summed E-state index contributed by atoms with van der Waals surface area (Å²) in [7, 11) is 3.73. The first-order chi connectivity index (χ1) is 12.2. The molecule has 0 fully saturated rings. The van der Waals surface area contributed by atoms with Crippen LogP contribution in [0.1, 0.15) is 19.8 Å². The van der Waals surface area contributed by atoms with E-state index >= 15 is 0 Å². The zero-order chi connectivity index (χ0) is 20.6. The Kier molecular flexibility index (Phi) is 16.9. The molecule has 0 rings (SSSR count). The Morgan fingerprint density at radius 2 is 1.42 bits per heavy atom. The standard InChI is InChI=1S/C10H20O5Si.C6H15ClO2Si/c1-9(2)10(11)15-7-6-8-16(12-3,13-4)14-5;1-8-10(3,9-2)6-4-5-7/h1,6-8H2,2-5H3;4-6H2,1-3H3. The molecule has 0 unspecified atom stereocenters. The number of carbonyl (C=O) groups is 1. The Hall–Kier alpha value is -0.266. The van der Waals surface area contributed by atoms with Crippen LogP contribution in [0.4, 0.5) is 0 Å². The number of hydrogen-bond donors (Lipinski definition) is 0. The van der Waals surface area contributed by atoms with Crippen LogP contribution < -0.4 is 0 Å². The van der Waals surface area contributed by atoms with Crippen LogP contribution in [0, 0.1) is 0 Å². The molecule has 156 valence electrons. The average molecular weight is 431 g/mol. The molecule has 0 amide bonds. The third-order valence-corrected chi connectivity index (χ3v) is 9.86. The van der Waals surface area contributed by atoms with Crippen molar-refractivity contribution >= 4 is 34.9 Å². The lowest BCUT2D eigenvalue weighted by Crippen LogP contribution is -2.42. The first-order valence-electron chi connectivity index (χ1n) is 8.34. The largest absolute Gasteiger partial charge is 0.500 e. The Balaban J connectivity index is 0. The molecule has 0 spiro atoms. The van der Waals surface area contributed by atoms with Crippen molar-refractivity contribution in [3.8, 4) is 0 Å². The number of carbonyl (C=O) groups excluding carboxylic acids is 1. The van der Waals surface area contributed by atoms with Crippen molar-refractivity contribution in [2.75, 3.05) is 48.0 Å². The molecule has 0 N–H and O–H groups in total. The van der Waals surface area contributed by atoms with E-state index in [4.69, 9.17) is 38.5 Å². The summed E-state index contributed by atoms with van der Waals surface area (Å²) in [6.45, 7) is 7.46. The van der Waals surface area contributed by atoms with Gasteiger partial charge in [-0.15, -0.1) is 11.6 Å². The van der Waals surface area contributed by atoms with Crippen LogP contribution in [-0.2, 0) is 31.7 Å². The normalized spacial score (nSPS) is 11.5. The molecule has 0 aromatic carbocycles. The van der Waals surface area contributed by atoms with Crippen molar-refractivity contribution in [3.05, 3.63) is 12.2 Å². The molecule has 0 atom stereocenters. The van der Waals surface area contributed by atoms with Crippen LogP contribution in [0.2, 0.25) is 18.6 Å². The second-order valence-corrected chi connectivity index (χ2v) is 12.7. The van der Waals surface area contributed by atoms with Gasteiger partial charge in [0.05, 0.1) is 6.61 Å². The molecule has 0 aromatic rings. The maximum absolute atomic E-state index is 11.1. The van der Waals surface area contributed by atoms with Crippen LogP contribution in [0.5, 0.6) is 0 Å². The first-order valence-corrected chi connectivity index (χ1v) is 13.3. The fraction of sp³-hybridized carbons (Fsp3) is 0.812. The minimum atomic E-state index is -2.53. The monoisotopic (exact) mass is 430 g/mol. The van der Waals surface area contributed by atoms with Crippen LogP contribution in [0.15, 0.2) is 12.2 Å². The lowest BCUT2D eigenvalue weighted by molar-refractivity contribution is -0.139. The van der Waals surface area contributed by atoms with E-state index in [0.717, 1.165) is 12.5 Å². The second-order valence-electron chi connectivity index (χ2n) is 5.65. The quantitative estimate of drug-likeness (QED) is 0.146. The van der Waals surface area contributed by atoms with Gasteiger partial charge in [0, 0.05) is 53.0 Å². The van der Waals surface area contributed by atoms with Crippen molar-refractivity contribution in [2.45, 2.75) is 38.4 Å². The highest BCUT2D eigenvalue weighted by atomic mass is 35.5. The predicted molar refractivity (Wildman–Crippen MR) is 108 cm³/mol. The van der Waals surface area contributed by atoms with Gasteiger partial charge >= 0.3 is 23.3 Å². The molecule has 0 aliphatic rings. The predicted octanol–water partition coefficient (Wildman–Crippen LogP) is 3.35. The van der Waals surface area contributed by atoms with Crippen LogP contribution >= 0.6 is 11.6 Å². The molecule has 0 heterocycles. The van der Waals surface area contributed by atoms with Gasteiger partial charge in [0.1, 0.15) is 0 Å². The first kappa shape index (κ1) is 27.9. The van der Waals surface area contributed by atoms with Gasteiger partial charge in [-0.1, -0.05) is 6.58 Å². The molecular weight excluding hydrogens is 396 g/mol. The molecule has 0 saturated heterocycles. The van der Waals surface area contributed by atoms with Crippen molar-refractivity contribution in [3.63, 3.8) is 0 Å². The summed E-state index contributed by atoms with van der Waals surface area (Å²) in [5.74, 6) is 0.314. The minimum Gasteiger partial charge on any atom is -0.462 e. The summed E-state index contributed by atoms with van der Waals surface area (Å²) in [5, 5.41) is 0. The molecule has 0 bridgehead atoms. The molecule has 10 heteroatoms. The smallest absolute Gasteiger partial charge is 0.462 e. The third-order valence-electron chi connectivity index (χ3n) is 3.77. The summed E-state index contributed by atoms with van der Waals surface area (Å²) >= 11 is 5.53. The molecule has 0 aromatic heterocycles. The number of hydrogen-bond acceptors (Lipinski definition) is 7. The van der Waals surface area contributed by atoms with Crippen molar-refractivity contribution < 1.29 is 31.7 Å². The molecule has 0 aliphatic carbocycles. The Morgan fingerprint density at radius 1 is 0.923 bits per heavy atom. The Labute approximate surface area is 165 Å². The summed E-state index contributed by atoms with van der Waals surface area (Å²) in [4.78, 5) is 11.1. The average Bonchev–Trinajstić information content (AvgIpc) is 2.67. The lowest BCUT2D eigenvalue weighted by Gasteiger charge is -2.24. The fourth-order valence-corrected chi connectivity index (χ4v) is 5.25. The Morgan fingerprint density at radius 3 is 1.77 bits per heavy atom. The third kappa shape index (κ3) is 12.2. The zero-order valence-electron chi connectivity index (χ0n) is 17.2. The summed E-state index contributed by atoms with van der Waals surface area (Å²) in [5.41, 5.74) is 0.397. The van der Waals surface area contributed by atoms with Crippen LogP contribution in [0.25, 0.3) is 0 Å². The van der Waals surface area contributed by atoms with Gasteiger partial charge in [-0.25, -0.2) is 4.79 Å². The lowest BCUT2D eigenvalue weighted by atomic mass is 10.4. The molecule has 0 saturated carbocycles. The van der Waals surface area contributed by atoms with E-state index in [-0.39, 0.29) is 5.97 Å². The molecule has 0 aliphatic heterocycles. The van der Waals surface area contributed by atoms with Gasteiger partial charge in [0.15, 0.2) is 0 Å². The van der Waals surface area contributed by atoms with Crippen LogP contribution in [-0.4, -0.2) is 71.4 Å². The number of halogens is 1. The van der Waals surface area contributed by atoms with E-state index in [1.165, 1.54) is 0 Å². The van der Waals surface area contributed by atoms with E-state index in [1.807, 2.05) is 6.55 Å². The van der Waals surface area contributed by atoms with Gasteiger partial charge in [0.25, 0.3) is 0 Å². The van der Waals surface area contributed by atoms with Gasteiger partial charge in [-0.2, -0.15) is 0 Å². The summed E-state index contributed by atoms with van der Waals surface area (Å²) in [6.07, 6.45) is 1.62. The molecular formula is C16H35ClO7Si2. The SMILES string of the molecule is C=C(C)C(=O)OCCC[Si](OC)(OC)OC.CO[Si](C)(CCCCl)OC. The highest BCUT2D eigenvalue weighted by Crippen LogP contribution is 2.15. The maximum atomic E-state index is 11.1. The topological polar surface area (TPSA) is 72.5 Å². The zero-order valence-corrected chi connectivity index (χ0v) is 19.9. The molecule has 26 heavy (non-hydrogen) atoms. The van der Waals surface area contributed by atoms with Gasteiger partial charge < -0.3 is 26.9 Å². The number of rotatable bonds is 13. The Bertz CT molecular complexity index is 381. The molecule has 7 nitrogen and oxygen atoms in total. The van der Waals surface area contributed by atoms with Crippen molar-refractivity contribution in [2.24, 2.45) is 0 Å². The van der Waals surface area contributed by atoms with Crippen LogP contribution in [0.3, 0.4) is 0 Å². The van der Waals surface area contributed by atoms with E-state index in [2.05, 4.69) is 6.58 Å². The molecule has 0 radical (unpaired) electrons. The second kappa shape index (κ2) is 15.8. The minimum absolute atomic E-state index is 0.316. The highest BCUT2D eigenvalue weighted by molar-refractivity contribution is 6.66. The van der Waals surface area contributed by atoms with Gasteiger partial charge in [-0.3, -0.25) is 0 Å². The number of ether oxygens (including phenoxy) is 1. The fourth-order valence-electron chi connectivity index (χ4n) is 1.81.